The summed E-state index contributed by atoms with van der Waals surface area (Å²) in [5.41, 5.74) is 1.77. The van der Waals surface area contributed by atoms with Crippen molar-refractivity contribution < 1.29 is 13.2 Å². The molecule has 1 atom stereocenters. The van der Waals surface area contributed by atoms with Gasteiger partial charge < -0.3 is 5.32 Å². The summed E-state index contributed by atoms with van der Waals surface area (Å²) in [6.45, 7) is 3.53. The molecule has 0 aromatic heterocycles. The van der Waals surface area contributed by atoms with Crippen LogP contribution in [-0.4, -0.2) is 20.4 Å². The molecule has 0 aliphatic heterocycles. The van der Waals surface area contributed by atoms with Gasteiger partial charge in [-0.25, -0.2) is 8.42 Å². The van der Waals surface area contributed by atoms with Gasteiger partial charge in [-0.15, -0.1) is 0 Å². The third-order valence-electron chi connectivity index (χ3n) is 3.46. The van der Waals surface area contributed by atoms with Gasteiger partial charge in [0, 0.05) is 10.7 Å². The minimum atomic E-state index is -3.83. The van der Waals surface area contributed by atoms with Crippen molar-refractivity contribution >= 4 is 33.2 Å². The number of sulfonamides is 1. The highest BCUT2D eigenvalue weighted by Crippen LogP contribution is 2.16. The van der Waals surface area contributed by atoms with Gasteiger partial charge in [-0.1, -0.05) is 36.7 Å². The Morgan fingerprint density at radius 1 is 1.17 bits per heavy atom. The average molecular weight is 367 g/mol. The summed E-state index contributed by atoms with van der Waals surface area (Å²) in [6.07, 6.45) is 0.907. The van der Waals surface area contributed by atoms with Crippen molar-refractivity contribution in [1.29, 1.82) is 0 Å². The zero-order chi connectivity index (χ0) is 17.7. The van der Waals surface area contributed by atoms with E-state index in [9.17, 15) is 13.2 Å². The van der Waals surface area contributed by atoms with Crippen molar-refractivity contribution in [3.63, 3.8) is 0 Å². The molecule has 0 heterocycles. The molecule has 24 heavy (non-hydrogen) atoms. The molecule has 2 rings (SSSR count). The Bertz CT molecular complexity index is 820. The van der Waals surface area contributed by atoms with E-state index in [2.05, 4.69) is 10.0 Å². The quantitative estimate of drug-likeness (QED) is 0.824. The predicted molar refractivity (Wildman–Crippen MR) is 95.7 cm³/mol. The van der Waals surface area contributed by atoms with Crippen LogP contribution in [0.1, 0.15) is 19.4 Å². The molecule has 0 aliphatic carbocycles. The van der Waals surface area contributed by atoms with Crippen molar-refractivity contribution in [2.24, 2.45) is 0 Å². The van der Waals surface area contributed by atoms with Gasteiger partial charge in [-0.2, -0.15) is 4.72 Å². The zero-order valence-corrected chi connectivity index (χ0v) is 15.0. The molecule has 128 valence electrons. The molecule has 5 nitrogen and oxygen atoms in total. The third kappa shape index (κ3) is 4.80. The topological polar surface area (TPSA) is 75.3 Å². The van der Waals surface area contributed by atoms with E-state index in [1.807, 2.05) is 19.1 Å². The number of anilines is 1. The van der Waals surface area contributed by atoms with E-state index < -0.39 is 22.0 Å². The van der Waals surface area contributed by atoms with Crippen LogP contribution < -0.4 is 10.0 Å². The molecule has 0 unspecified atom stereocenters. The number of hydrogen-bond acceptors (Lipinski definition) is 3. The lowest BCUT2D eigenvalue weighted by atomic mass is 10.1. The monoisotopic (exact) mass is 366 g/mol. The van der Waals surface area contributed by atoms with Gasteiger partial charge in [0.1, 0.15) is 0 Å². The van der Waals surface area contributed by atoms with Gasteiger partial charge in [0.15, 0.2) is 0 Å². The van der Waals surface area contributed by atoms with Crippen LogP contribution in [0.4, 0.5) is 5.69 Å². The van der Waals surface area contributed by atoms with E-state index in [1.165, 1.54) is 25.1 Å². The summed E-state index contributed by atoms with van der Waals surface area (Å²) < 4.78 is 26.9. The first-order valence-electron chi connectivity index (χ1n) is 7.49. The third-order valence-corrected chi connectivity index (χ3v) is 5.23. The molecule has 0 fully saturated rings. The highest BCUT2D eigenvalue weighted by molar-refractivity contribution is 7.89. The molecule has 0 saturated carbocycles. The lowest BCUT2D eigenvalue weighted by Gasteiger charge is -2.15. The smallest absolute Gasteiger partial charge is 0.242 e. The second-order valence-corrected chi connectivity index (χ2v) is 7.49. The lowest BCUT2D eigenvalue weighted by molar-refractivity contribution is -0.117. The fourth-order valence-corrected chi connectivity index (χ4v) is 3.57. The van der Waals surface area contributed by atoms with Crippen LogP contribution in [0.3, 0.4) is 0 Å². The average Bonchev–Trinajstić information content (AvgIpc) is 2.55. The highest BCUT2D eigenvalue weighted by atomic mass is 35.5. The molecule has 2 N–H and O–H groups in total. The minimum Gasteiger partial charge on any atom is -0.325 e. The maximum Gasteiger partial charge on any atom is 0.242 e. The molecular weight excluding hydrogens is 348 g/mol. The molecule has 2 aromatic rings. The highest BCUT2D eigenvalue weighted by Gasteiger charge is 2.22. The standard InChI is InChI=1S/C17H19ClN2O3S/c1-3-13-7-9-15(10-8-13)19-17(21)12(2)20-24(22,23)16-6-4-5-14(18)11-16/h4-12,20H,3H2,1-2H3,(H,19,21)/t12-/m0/s1. The Hall–Kier alpha value is -1.89. The predicted octanol–water partition coefficient (Wildman–Crippen LogP) is 3.21. The Balaban J connectivity index is 2.04. The fraction of sp³-hybridized carbons (Fsp3) is 0.235. The van der Waals surface area contributed by atoms with Gasteiger partial charge in [0.2, 0.25) is 15.9 Å². The molecule has 7 heteroatoms. The number of carbonyl (C=O) groups is 1. The van der Waals surface area contributed by atoms with Crippen molar-refractivity contribution in [3.05, 3.63) is 59.1 Å². The second kappa shape index (κ2) is 7.79. The summed E-state index contributed by atoms with van der Waals surface area (Å²) in [5, 5.41) is 3.00. The summed E-state index contributed by atoms with van der Waals surface area (Å²) in [7, 11) is -3.83. The molecular formula is C17H19ClN2O3S. The Labute approximate surface area is 147 Å². The van der Waals surface area contributed by atoms with Crippen LogP contribution in [0.15, 0.2) is 53.4 Å². The number of hydrogen-bond donors (Lipinski definition) is 2. The number of aryl methyl sites for hydroxylation is 1. The molecule has 2 aromatic carbocycles. The summed E-state index contributed by atoms with van der Waals surface area (Å²) in [6, 6.07) is 12.3. The zero-order valence-electron chi connectivity index (χ0n) is 13.4. The fourth-order valence-electron chi connectivity index (χ4n) is 2.06. The second-order valence-electron chi connectivity index (χ2n) is 5.34. The molecule has 0 spiro atoms. The van der Waals surface area contributed by atoms with Gasteiger partial charge in [-0.3, -0.25) is 4.79 Å². The SMILES string of the molecule is CCc1ccc(NC(=O)[C@H](C)NS(=O)(=O)c2cccc(Cl)c2)cc1. The first-order chi connectivity index (χ1) is 11.3. The van der Waals surface area contributed by atoms with Crippen molar-refractivity contribution in [2.45, 2.75) is 31.2 Å². The number of amides is 1. The summed E-state index contributed by atoms with van der Waals surface area (Å²) in [4.78, 5) is 12.2. The van der Waals surface area contributed by atoms with Crippen LogP contribution in [0, 0.1) is 0 Å². The lowest BCUT2D eigenvalue weighted by Crippen LogP contribution is -2.41. The van der Waals surface area contributed by atoms with Crippen molar-refractivity contribution in [3.8, 4) is 0 Å². The number of halogens is 1. The van der Waals surface area contributed by atoms with Gasteiger partial charge in [0.05, 0.1) is 10.9 Å². The van der Waals surface area contributed by atoms with Crippen molar-refractivity contribution in [1.82, 2.24) is 4.72 Å². The van der Waals surface area contributed by atoms with E-state index in [1.54, 1.807) is 18.2 Å². The maximum atomic E-state index is 12.3. The van der Waals surface area contributed by atoms with Crippen LogP contribution in [-0.2, 0) is 21.2 Å². The van der Waals surface area contributed by atoms with Crippen LogP contribution >= 0.6 is 11.6 Å². The maximum absolute atomic E-state index is 12.3. The van der Waals surface area contributed by atoms with Crippen LogP contribution in [0.5, 0.6) is 0 Å². The summed E-state index contributed by atoms with van der Waals surface area (Å²) in [5.74, 6) is -0.440. The van der Waals surface area contributed by atoms with Gasteiger partial charge >= 0.3 is 0 Å². The van der Waals surface area contributed by atoms with E-state index in [-0.39, 0.29) is 4.90 Å². The van der Waals surface area contributed by atoms with Crippen molar-refractivity contribution in [2.75, 3.05) is 5.32 Å². The number of nitrogens with one attached hydrogen (secondary N) is 2. The number of benzene rings is 2. The number of carbonyl (C=O) groups excluding carboxylic acids is 1. The minimum absolute atomic E-state index is 0.0157. The van der Waals surface area contributed by atoms with E-state index in [0.29, 0.717) is 10.7 Å². The molecule has 0 aliphatic rings. The Morgan fingerprint density at radius 3 is 2.42 bits per heavy atom. The van der Waals surface area contributed by atoms with E-state index in [4.69, 9.17) is 11.6 Å². The largest absolute Gasteiger partial charge is 0.325 e. The summed E-state index contributed by atoms with van der Waals surface area (Å²) >= 11 is 5.81. The first kappa shape index (κ1) is 18.4. The Morgan fingerprint density at radius 2 is 1.83 bits per heavy atom. The molecule has 0 saturated heterocycles. The van der Waals surface area contributed by atoms with Crippen LogP contribution in [0.25, 0.3) is 0 Å². The normalized spacial score (nSPS) is 12.6. The van der Waals surface area contributed by atoms with E-state index >= 15 is 0 Å². The van der Waals surface area contributed by atoms with Crippen LogP contribution in [0.2, 0.25) is 5.02 Å². The molecule has 0 bridgehead atoms. The van der Waals surface area contributed by atoms with Gasteiger partial charge in [-0.05, 0) is 49.2 Å². The number of rotatable bonds is 6. The van der Waals surface area contributed by atoms with E-state index in [0.717, 1.165) is 12.0 Å². The Kier molecular flexibility index (Phi) is 5.99. The molecule has 1 amide bonds. The van der Waals surface area contributed by atoms with Gasteiger partial charge in [0.25, 0.3) is 0 Å². The molecule has 0 radical (unpaired) electrons. The first-order valence-corrected chi connectivity index (χ1v) is 9.35.